The van der Waals surface area contributed by atoms with E-state index in [9.17, 15) is 4.79 Å². The summed E-state index contributed by atoms with van der Waals surface area (Å²) in [6.07, 6.45) is 5.31. The summed E-state index contributed by atoms with van der Waals surface area (Å²) < 4.78 is 0. The maximum Gasteiger partial charge on any atom is 0.182 e. The van der Waals surface area contributed by atoms with Gasteiger partial charge in [-0.1, -0.05) is 110 Å². The topological polar surface area (TPSA) is 17.1 Å². The maximum atomic E-state index is 13.4. The van der Waals surface area contributed by atoms with Crippen LogP contribution in [0, 0.1) is 0 Å². The van der Waals surface area contributed by atoms with E-state index >= 15 is 0 Å². The Morgan fingerprint density at radius 2 is 1.14 bits per heavy atom. The van der Waals surface area contributed by atoms with Crippen molar-refractivity contribution in [3.8, 4) is 0 Å². The molecule has 1 nitrogen and oxygen atoms in total. The third kappa shape index (κ3) is 3.81. The van der Waals surface area contributed by atoms with Crippen LogP contribution in [0.15, 0.2) is 103 Å². The summed E-state index contributed by atoms with van der Waals surface area (Å²) >= 11 is 0. The van der Waals surface area contributed by atoms with Gasteiger partial charge < -0.3 is 0 Å². The Morgan fingerprint density at radius 3 is 1.46 bits per heavy atom. The third-order valence-corrected chi connectivity index (χ3v) is 9.40. The minimum Gasteiger partial charge on any atom is -0.290 e. The number of allylic oxidation sites excluding steroid dienone is 2. The molecule has 0 aromatic heterocycles. The molecule has 28 heavy (non-hydrogen) atoms. The van der Waals surface area contributed by atoms with Crippen molar-refractivity contribution < 1.29 is 4.79 Å². The average Bonchev–Trinajstić information content (AvgIpc) is 2.76. The largest absolute Gasteiger partial charge is 0.290 e. The quantitative estimate of drug-likeness (QED) is 0.408. The second-order valence-corrected chi connectivity index (χ2v) is 10.2. The number of benzene rings is 3. The minimum atomic E-state index is -2.25. The number of ketones is 1. The second-order valence-electron chi connectivity index (χ2n) is 6.74. The van der Waals surface area contributed by atoms with E-state index in [2.05, 4.69) is 79.7 Å². The lowest BCUT2D eigenvalue weighted by Gasteiger charge is -2.32. The molecule has 0 heterocycles. The van der Waals surface area contributed by atoms with E-state index in [-0.39, 0.29) is 5.78 Å². The molecule has 0 aliphatic heterocycles. The van der Waals surface area contributed by atoms with Crippen molar-refractivity contribution in [3.05, 3.63) is 103 Å². The molecule has 0 amide bonds. The van der Waals surface area contributed by atoms with Crippen LogP contribution in [-0.4, -0.2) is 11.1 Å². The Kier molecular flexibility index (Phi) is 6.85. The normalized spacial score (nSPS) is 11.5. The van der Waals surface area contributed by atoms with Gasteiger partial charge in [-0.2, -0.15) is 0 Å². The van der Waals surface area contributed by atoms with Gasteiger partial charge in [0.25, 0.3) is 0 Å². The van der Waals surface area contributed by atoms with Crippen LogP contribution in [0.25, 0.3) is 0 Å². The molecule has 0 aliphatic rings. The highest BCUT2D eigenvalue weighted by atomic mass is 31.2. The van der Waals surface area contributed by atoms with Gasteiger partial charge in [0, 0.05) is 5.29 Å². The lowest BCUT2D eigenvalue weighted by atomic mass is 10.2. The highest BCUT2D eigenvalue weighted by molar-refractivity contribution is 7.96. The van der Waals surface area contributed by atoms with Crippen molar-refractivity contribution in [2.45, 2.75) is 26.7 Å². The zero-order valence-electron chi connectivity index (χ0n) is 16.6. The fourth-order valence-corrected chi connectivity index (χ4v) is 8.46. The predicted molar refractivity (Wildman–Crippen MR) is 125 cm³/mol. The highest BCUT2D eigenvalue weighted by Crippen LogP contribution is 2.47. The van der Waals surface area contributed by atoms with Crippen LogP contribution < -0.4 is 15.9 Å². The van der Waals surface area contributed by atoms with Crippen molar-refractivity contribution in [1.29, 1.82) is 0 Å². The van der Waals surface area contributed by atoms with Crippen LogP contribution in [0.5, 0.6) is 0 Å². The van der Waals surface area contributed by atoms with E-state index in [1.54, 1.807) is 6.08 Å². The summed E-state index contributed by atoms with van der Waals surface area (Å²) in [5.74, 6) is 0.147. The zero-order valence-corrected chi connectivity index (χ0v) is 17.5. The van der Waals surface area contributed by atoms with Gasteiger partial charge in [0.15, 0.2) is 5.78 Å². The van der Waals surface area contributed by atoms with Crippen LogP contribution in [0.2, 0.25) is 0 Å². The Labute approximate surface area is 168 Å². The smallest absolute Gasteiger partial charge is 0.182 e. The van der Waals surface area contributed by atoms with Crippen LogP contribution >= 0.6 is 6.89 Å². The van der Waals surface area contributed by atoms with Crippen molar-refractivity contribution in [2.75, 3.05) is 0 Å². The first-order valence-electron chi connectivity index (χ1n) is 9.84. The lowest BCUT2D eigenvalue weighted by molar-refractivity contribution is -0.108. The molecular formula is C26H27OP. The van der Waals surface area contributed by atoms with Crippen molar-refractivity contribution in [1.82, 2.24) is 0 Å². The van der Waals surface area contributed by atoms with Gasteiger partial charge in [0.1, 0.15) is 0 Å². The molecule has 0 bridgehead atoms. The van der Waals surface area contributed by atoms with E-state index in [0.29, 0.717) is 0 Å². The first-order valence-corrected chi connectivity index (χ1v) is 11.6. The molecule has 0 fully saturated rings. The maximum absolute atomic E-state index is 13.4. The van der Waals surface area contributed by atoms with Gasteiger partial charge in [-0.3, -0.25) is 4.79 Å². The van der Waals surface area contributed by atoms with Crippen molar-refractivity contribution in [2.24, 2.45) is 0 Å². The molecular weight excluding hydrogens is 359 g/mol. The van der Waals surface area contributed by atoms with E-state index in [1.165, 1.54) is 15.9 Å². The molecule has 0 atom stereocenters. The van der Waals surface area contributed by atoms with Gasteiger partial charge in [-0.15, -0.1) is 0 Å². The SMILES string of the molecule is C/C=C/C(=O)C(CCC)=P(c1ccccc1)(c1ccccc1)c1ccccc1. The van der Waals surface area contributed by atoms with Gasteiger partial charge in [-0.05, 0) is 42.2 Å². The molecule has 2 heteroatoms. The lowest BCUT2D eigenvalue weighted by Crippen LogP contribution is -2.33. The molecule has 0 radical (unpaired) electrons. The number of rotatable bonds is 7. The molecule has 3 aromatic carbocycles. The first kappa shape index (κ1) is 20.1. The molecule has 142 valence electrons. The predicted octanol–water partition coefficient (Wildman–Crippen LogP) is 5.10. The van der Waals surface area contributed by atoms with E-state index in [0.717, 1.165) is 18.1 Å². The highest BCUT2D eigenvalue weighted by Gasteiger charge is 2.31. The Hall–Kier alpha value is -2.63. The van der Waals surface area contributed by atoms with Crippen LogP contribution in [0.4, 0.5) is 0 Å². The number of hydrogen-bond acceptors (Lipinski definition) is 1. The van der Waals surface area contributed by atoms with Crippen LogP contribution in [0.3, 0.4) is 0 Å². The molecule has 0 aliphatic carbocycles. The monoisotopic (exact) mass is 386 g/mol. The molecule has 0 saturated heterocycles. The molecule has 3 aromatic rings. The summed E-state index contributed by atoms with van der Waals surface area (Å²) in [6, 6.07) is 31.7. The van der Waals surface area contributed by atoms with Gasteiger partial charge in [-0.25, -0.2) is 0 Å². The van der Waals surface area contributed by atoms with Crippen molar-refractivity contribution in [3.63, 3.8) is 0 Å². The Morgan fingerprint density at radius 1 is 0.750 bits per heavy atom. The summed E-state index contributed by atoms with van der Waals surface area (Å²) in [5, 5.41) is 4.72. The molecule has 0 saturated carbocycles. The summed E-state index contributed by atoms with van der Waals surface area (Å²) in [7, 11) is 0. The fraction of sp³-hybridized carbons (Fsp3) is 0.154. The molecule has 0 spiro atoms. The number of carbonyl (C=O) groups excluding carboxylic acids is 1. The average molecular weight is 386 g/mol. The van der Waals surface area contributed by atoms with Gasteiger partial charge in [0.2, 0.25) is 0 Å². The first-order chi connectivity index (χ1) is 13.7. The van der Waals surface area contributed by atoms with E-state index in [1.807, 2.05) is 31.2 Å². The summed E-state index contributed by atoms with van der Waals surface area (Å²) in [6.45, 7) is 1.81. The standard InChI is InChI=1S/C26H27OP/c1-3-14-25(27)26(15-4-2)28(22-16-8-5-9-17-22,23-18-10-6-11-19-23)24-20-12-7-13-21-24/h3,5-14,16-21H,4,15H2,1-2H3/b14-3+. The van der Waals surface area contributed by atoms with E-state index < -0.39 is 6.89 Å². The number of carbonyl (C=O) groups is 1. The van der Waals surface area contributed by atoms with Crippen molar-refractivity contribution >= 4 is 33.9 Å². The van der Waals surface area contributed by atoms with Crippen LogP contribution in [0.1, 0.15) is 26.7 Å². The zero-order chi connectivity index (χ0) is 19.8. The summed E-state index contributed by atoms with van der Waals surface area (Å²) in [5.41, 5.74) is 0. The van der Waals surface area contributed by atoms with Crippen LogP contribution in [-0.2, 0) is 4.79 Å². The Bertz CT molecular complexity index is 883. The molecule has 3 rings (SSSR count). The number of hydrogen-bond donors (Lipinski definition) is 0. The summed E-state index contributed by atoms with van der Waals surface area (Å²) in [4.78, 5) is 13.4. The fourth-order valence-electron chi connectivity index (χ4n) is 3.81. The minimum absolute atomic E-state index is 0.147. The van der Waals surface area contributed by atoms with E-state index in [4.69, 9.17) is 0 Å². The third-order valence-electron chi connectivity index (χ3n) is 4.92. The molecule has 0 unspecified atom stereocenters. The second kappa shape index (κ2) is 9.53. The van der Waals surface area contributed by atoms with Gasteiger partial charge >= 0.3 is 0 Å². The van der Waals surface area contributed by atoms with Gasteiger partial charge in [0.05, 0.1) is 0 Å². The Balaban J connectivity index is 2.57. The molecule has 0 N–H and O–H groups in total.